The molecule has 30 heavy (non-hydrogen) atoms. The first-order chi connectivity index (χ1) is 14.4. The van der Waals surface area contributed by atoms with Crippen LogP contribution in [0, 0.1) is 17.8 Å². The van der Waals surface area contributed by atoms with E-state index < -0.39 is 0 Å². The molecule has 3 N–H and O–H groups in total. The van der Waals surface area contributed by atoms with Crippen LogP contribution in [0.4, 0.5) is 0 Å². The fraction of sp³-hybridized carbons (Fsp3) is 0.636. The SMILES string of the molecule is CC1CCNC(C(=O)N[C@@H]2C[C@H](NC(=O)COc3ccc(Cl)c(Cl)c3)C3CC2C3)C1. The highest BCUT2D eigenvalue weighted by molar-refractivity contribution is 6.42. The predicted molar refractivity (Wildman–Crippen MR) is 117 cm³/mol. The molecule has 1 aromatic rings. The lowest BCUT2D eigenvalue weighted by Gasteiger charge is -2.51. The summed E-state index contributed by atoms with van der Waals surface area (Å²) in [4.78, 5) is 25.1. The van der Waals surface area contributed by atoms with Crippen molar-refractivity contribution < 1.29 is 14.3 Å². The van der Waals surface area contributed by atoms with E-state index in [4.69, 9.17) is 27.9 Å². The number of carbonyl (C=O) groups excluding carboxylic acids is 2. The Balaban J connectivity index is 1.26. The minimum atomic E-state index is -0.163. The summed E-state index contributed by atoms with van der Waals surface area (Å²) in [6, 6.07) is 5.03. The van der Waals surface area contributed by atoms with Gasteiger partial charge in [0.1, 0.15) is 5.75 Å². The lowest BCUT2D eigenvalue weighted by Crippen LogP contribution is -2.62. The van der Waals surface area contributed by atoms with E-state index >= 15 is 0 Å². The Morgan fingerprint density at radius 1 is 1.07 bits per heavy atom. The molecule has 0 spiro atoms. The van der Waals surface area contributed by atoms with E-state index in [2.05, 4.69) is 22.9 Å². The molecule has 1 aromatic carbocycles. The fourth-order valence-corrected chi connectivity index (χ4v) is 5.22. The van der Waals surface area contributed by atoms with Gasteiger partial charge in [0, 0.05) is 18.2 Å². The van der Waals surface area contributed by atoms with Gasteiger partial charge in [0.05, 0.1) is 16.1 Å². The molecule has 3 aliphatic carbocycles. The molecule has 2 unspecified atom stereocenters. The van der Waals surface area contributed by atoms with Crippen molar-refractivity contribution in [1.82, 2.24) is 16.0 Å². The van der Waals surface area contributed by atoms with Gasteiger partial charge in [0.2, 0.25) is 5.91 Å². The van der Waals surface area contributed by atoms with Crippen LogP contribution in [-0.2, 0) is 9.59 Å². The van der Waals surface area contributed by atoms with Gasteiger partial charge < -0.3 is 20.7 Å². The molecule has 1 heterocycles. The van der Waals surface area contributed by atoms with Crippen molar-refractivity contribution in [1.29, 1.82) is 0 Å². The smallest absolute Gasteiger partial charge is 0.258 e. The van der Waals surface area contributed by atoms with Crippen molar-refractivity contribution in [2.75, 3.05) is 13.2 Å². The molecule has 1 aliphatic heterocycles. The van der Waals surface area contributed by atoms with Crippen molar-refractivity contribution in [2.24, 2.45) is 17.8 Å². The number of hydrogen-bond donors (Lipinski definition) is 3. The van der Waals surface area contributed by atoms with Gasteiger partial charge in [0.15, 0.2) is 6.61 Å². The quantitative estimate of drug-likeness (QED) is 0.617. The van der Waals surface area contributed by atoms with Gasteiger partial charge in [-0.15, -0.1) is 0 Å². The van der Waals surface area contributed by atoms with Crippen molar-refractivity contribution in [2.45, 2.75) is 57.2 Å². The summed E-state index contributed by atoms with van der Waals surface area (Å²) < 4.78 is 5.54. The second kappa shape index (κ2) is 9.33. The maximum atomic E-state index is 12.7. The summed E-state index contributed by atoms with van der Waals surface area (Å²) >= 11 is 11.9. The molecule has 3 saturated carbocycles. The molecule has 8 heteroatoms. The zero-order valence-corrected chi connectivity index (χ0v) is 18.6. The topological polar surface area (TPSA) is 79.5 Å². The minimum absolute atomic E-state index is 0.0726. The predicted octanol–water partition coefficient (Wildman–Crippen LogP) is 3.16. The fourth-order valence-electron chi connectivity index (χ4n) is 4.93. The van der Waals surface area contributed by atoms with E-state index in [9.17, 15) is 9.59 Å². The Labute approximate surface area is 187 Å². The number of piperidine rings is 1. The van der Waals surface area contributed by atoms with Crippen molar-refractivity contribution in [3.63, 3.8) is 0 Å². The lowest BCUT2D eigenvalue weighted by atomic mass is 9.60. The van der Waals surface area contributed by atoms with Gasteiger partial charge in [-0.05, 0) is 68.5 Å². The van der Waals surface area contributed by atoms with Gasteiger partial charge in [0.25, 0.3) is 5.91 Å². The third-order valence-electron chi connectivity index (χ3n) is 6.77. The number of nitrogens with one attached hydrogen (secondary N) is 3. The van der Waals surface area contributed by atoms with Crippen molar-refractivity contribution in [3.8, 4) is 5.75 Å². The molecule has 0 aromatic heterocycles. The van der Waals surface area contributed by atoms with E-state index in [1.807, 2.05) is 0 Å². The van der Waals surface area contributed by atoms with E-state index in [0.29, 0.717) is 33.5 Å². The zero-order chi connectivity index (χ0) is 21.3. The first kappa shape index (κ1) is 21.7. The maximum absolute atomic E-state index is 12.7. The van der Waals surface area contributed by atoms with Gasteiger partial charge in [-0.2, -0.15) is 0 Å². The van der Waals surface area contributed by atoms with Crippen LogP contribution in [0.2, 0.25) is 10.0 Å². The van der Waals surface area contributed by atoms with E-state index in [1.165, 1.54) is 0 Å². The normalized spacial score (nSPS) is 32.6. The standard InChI is InChI=1S/C22H29Cl2N3O3/c1-12-4-5-25-20(6-12)22(29)27-19-10-18(13-7-14(19)8-13)26-21(28)11-30-15-2-3-16(23)17(24)9-15/h2-3,9,12-14,18-20,25H,4-8,10-11H2,1H3,(H,26,28)(H,27,29)/t12?,13?,14?,18-,19+,20?/m0/s1. The summed E-state index contributed by atoms with van der Waals surface area (Å²) in [6.45, 7) is 3.02. The van der Waals surface area contributed by atoms with Crippen LogP contribution < -0.4 is 20.7 Å². The Morgan fingerprint density at radius 2 is 1.80 bits per heavy atom. The zero-order valence-electron chi connectivity index (χ0n) is 17.1. The summed E-state index contributed by atoms with van der Waals surface area (Å²) in [6.07, 6.45) is 4.89. The van der Waals surface area contributed by atoms with E-state index in [0.717, 1.165) is 38.6 Å². The molecule has 5 rings (SSSR count). The first-order valence-corrected chi connectivity index (χ1v) is 11.6. The highest BCUT2D eigenvalue weighted by atomic mass is 35.5. The van der Waals surface area contributed by atoms with Crippen LogP contribution in [0.25, 0.3) is 0 Å². The Kier molecular flexibility index (Phi) is 6.75. The van der Waals surface area contributed by atoms with Crippen LogP contribution in [-0.4, -0.2) is 43.1 Å². The number of carbonyl (C=O) groups is 2. The monoisotopic (exact) mass is 453 g/mol. The Bertz CT molecular complexity index is 800. The van der Waals surface area contributed by atoms with Crippen LogP contribution in [0.3, 0.4) is 0 Å². The third-order valence-corrected chi connectivity index (χ3v) is 7.51. The largest absolute Gasteiger partial charge is 0.484 e. The van der Waals surface area contributed by atoms with Crippen LogP contribution in [0.15, 0.2) is 18.2 Å². The minimum Gasteiger partial charge on any atom is -0.484 e. The summed E-state index contributed by atoms with van der Waals surface area (Å²) in [5, 5.41) is 10.5. The van der Waals surface area contributed by atoms with Crippen molar-refractivity contribution >= 4 is 35.0 Å². The molecular formula is C22H29Cl2N3O3. The second-order valence-corrected chi connectivity index (χ2v) is 9.83. The molecular weight excluding hydrogens is 425 g/mol. The Hall–Kier alpha value is -1.50. The average molecular weight is 454 g/mol. The highest BCUT2D eigenvalue weighted by Gasteiger charge is 2.47. The molecule has 4 atom stereocenters. The molecule has 4 fully saturated rings. The van der Waals surface area contributed by atoms with Crippen LogP contribution >= 0.6 is 23.2 Å². The number of fused-ring (bicyclic) bond motifs is 2. The van der Waals surface area contributed by atoms with Gasteiger partial charge in [-0.1, -0.05) is 30.1 Å². The van der Waals surface area contributed by atoms with Crippen LogP contribution in [0.1, 0.15) is 39.0 Å². The maximum Gasteiger partial charge on any atom is 0.258 e. The lowest BCUT2D eigenvalue weighted by molar-refractivity contribution is -0.127. The van der Waals surface area contributed by atoms with E-state index in [-0.39, 0.29) is 36.5 Å². The molecule has 0 radical (unpaired) electrons. The number of benzene rings is 1. The third kappa shape index (κ3) is 5.04. The van der Waals surface area contributed by atoms with E-state index in [1.54, 1.807) is 18.2 Å². The van der Waals surface area contributed by atoms with Gasteiger partial charge in [-0.25, -0.2) is 0 Å². The highest BCUT2D eigenvalue weighted by Crippen LogP contribution is 2.45. The number of rotatable bonds is 6. The molecule has 2 bridgehead atoms. The second-order valence-electron chi connectivity index (χ2n) is 9.02. The number of ether oxygens (including phenoxy) is 1. The number of hydrogen-bond acceptors (Lipinski definition) is 4. The van der Waals surface area contributed by atoms with Gasteiger partial charge in [-0.3, -0.25) is 9.59 Å². The number of amides is 2. The molecule has 4 aliphatic rings. The molecule has 164 valence electrons. The summed E-state index contributed by atoms with van der Waals surface area (Å²) in [7, 11) is 0. The summed E-state index contributed by atoms with van der Waals surface area (Å²) in [5.41, 5.74) is 0. The van der Waals surface area contributed by atoms with Crippen molar-refractivity contribution in [3.05, 3.63) is 28.2 Å². The molecule has 1 saturated heterocycles. The summed E-state index contributed by atoms with van der Waals surface area (Å²) in [5.74, 6) is 2.04. The van der Waals surface area contributed by atoms with Crippen LogP contribution in [0.5, 0.6) is 5.75 Å². The average Bonchev–Trinajstić information content (AvgIpc) is 2.68. The molecule has 6 nitrogen and oxygen atoms in total. The van der Waals surface area contributed by atoms with Gasteiger partial charge >= 0.3 is 0 Å². The number of halogens is 2. The first-order valence-electron chi connectivity index (χ1n) is 10.8. The Morgan fingerprint density at radius 3 is 2.50 bits per heavy atom. The molecule has 2 amide bonds.